The third-order valence-corrected chi connectivity index (χ3v) is 3.97. The van der Waals surface area contributed by atoms with Crippen LogP contribution >= 0.6 is 11.8 Å². The Labute approximate surface area is 144 Å². The largest absolute Gasteiger partial charge is 0.326 e. The summed E-state index contributed by atoms with van der Waals surface area (Å²) in [7, 11) is 0. The normalized spacial score (nSPS) is 10.7. The number of carbonyl (C=O) groups is 2. The highest BCUT2D eigenvalue weighted by Gasteiger charge is 2.12. The van der Waals surface area contributed by atoms with Crippen LogP contribution < -0.4 is 10.6 Å². The Hall–Kier alpha value is -2.42. The van der Waals surface area contributed by atoms with E-state index >= 15 is 0 Å². The van der Waals surface area contributed by atoms with E-state index in [1.54, 1.807) is 35.9 Å². The van der Waals surface area contributed by atoms with Crippen LogP contribution in [0.5, 0.6) is 0 Å². The van der Waals surface area contributed by atoms with Crippen LogP contribution in [0.4, 0.5) is 11.4 Å². The molecule has 2 N–H and O–H groups in total. The molecule has 0 unspecified atom stereocenters. The molecule has 1 aromatic carbocycles. The Morgan fingerprint density at radius 1 is 1.21 bits per heavy atom. The lowest BCUT2D eigenvalue weighted by molar-refractivity contribution is -0.116. The Morgan fingerprint density at radius 2 is 1.88 bits per heavy atom. The van der Waals surface area contributed by atoms with E-state index in [1.807, 2.05) is 13.8 Å². The minimum atomic E-state index is -0.169. The Bertz CT molecular complexity index is 715. The molecule has 128 valence electrons. The lowest BCUT2D eigenvalue weighted by Gasteiger charge is -2.09. The van der Waals surface area contributed by atoms with E-state index in [0.717, 1.165) is 0 Å². The molecule has 1 aromatic heterocycles. The fourth-order valence-electron chi connectivity index (χ4n) is 1.86. The number of hydrogen-bond donors (Lipinski definition) is 2. The molecule has 0 spiro atoms. The summed E-state index contributed by atoms with van der Waals surface area (Å²) in [6.07, 6.45) is 0.401. The summed E-state index contributed by atoms with van der Waals surface area (Å²) < 4.78 is 1.67. The maximum Gasteiger partial charge on any atom is 0.234 e. The third-order valence-electron chi connectivity index (χ3n) is 3.04. The van der Waals surface area contributed by atoms with Gasteiger partial charge in [0.2, 0.25) is 17.0 Å². The van der Waals surface area contributed by atoms with Crippen LogP contribution in [0.3, 0.4) is 0 Å². The predicted octanol–water partition coefficient (Wildman–Crippen LogP) is 2.33. The Kier molecular flexibility index (Phi) is 6.30. The SMILES string of the molecule is CCC(=O)Nc1cccc(NC(=O)CSc2nnnn2C(C)C)c1. The van der Waals surface area contributed by atoms with Crippen molar-refractivity contribution in [2.75, 3.05) is 16.4 Å². The highest BCUT2D eigenvalue weighted by Crippen LogP contribution is 2.19. The molecule has 0 fully saturated rings. The Balaban J connectivity index is 1.91. The number of hydrogen-bond acceptors (Lipinski definition) is 6. The number of nitrogens with zero attached hydrogens (tertiary/aromatic N) is 4. The molecule has 2 rings (SSSR count). The molecule has 0 saturated heterocycles. The van der Waals surface area contributed by atoms with Crippen molar-refractivity contribution >= 4 is 35.0 Å². The van der Waals surface area contributed by atoms with Crippen molar-refractivity contribution in [3.8, 4) is 0 Å². The quantitative estimate of drug-likeness (QED) is 0.745. The van der Waals surface area contributed by atoms with Crippen LogP contribution in [0.1, 0.15) is 33.2 Å². The van der Waals surface area contributed by atoms with Gasteiger partial charge in [0, 0.05) is 17.8 Å². The number of amides is 2. The fourth-order valence-corrected chi connectivity index (χ4v) is 2.66. The second-order valence-corrected chi connectivity index (χ2v) is 6.26. The highest BCUT2D eigenvalue weighted by molar-refractivity contribution is 7.99. The van der Waals surface area contributed by atoms with Crippen LogP contribution in [0.15, 0.2) is 29.4 Å². The number of nitrogens with one attached hydrogen (secondary N) is 2. The monoisotopic (exact) mass is 348 g/mol. The van der Waals surface area contributed by atoms with Gasteiger partial charge < -0.3 is 10.6 Å². The van der Waals surface area contributed by atoms with E-state index in [1.165, 1.54) is 11.8 Å². The first-order valence-electron chi connectivity index (χ1n) is 7.60. The van der Waals surface area contributed by atoms with E-state index in [0.29, 0.717) is 23.0 Å². The minimum Gasteiger partial charge on any atom is -0.326 e. The van der Waals surface area contributed by atoms with Crippen molar-refractivity contribution in [3.05, 3.63) is 24.3 Å². The predicted molar refractivity (Wildman–Crippen MR) is 92.9 cm³/mol. The van der Waals surface area contributed by atoms with E-state index in [-0.39, 0.29) is 23.6 Å². The molecule has 0 bridgehead atoms. The van der Waals surface area contributed by atoms with Crippen molar-refractivity contribution < 1.29 is 9.59 Å². The first-order valence-corrected chi connectivity index (χ1v) is 8.58. The van der Waals surface area contributed by atoms with Gasteiger partial charge in [0.1, 0.15) is 0 Å². The van der Waals surface area contributed by atoms with Crippen molar-refractivity contribution in [1.82, 2.24) is 20.2 Å². The van der Waals surface area contributed by atoms with Gasteiger partial charge in [0.05, 0.1) is 11.8 Å². The average Bonchev–Trinajstić information content (AvgIpc) is 3.02. The van der Waals surface area contributed by atoms with Crippen LogP contribution in [0, 0.1) is 0 Å². The molecule has 2 aromatic rings. The van der Waals surface area contributed by atoms with Crippen molar-refractivity contribution in [1.29, 1.82) is 0 Å². The molecule has 0 aliphatic heterocycles. The topological polar surface area (TPSA) is 102 Å². The lowest BCUT2D eigenvalue weighted by Crippen LogP contribution is -2.15. The number of rotatable bonds is 7. The summed E-state index contributed by atoms with van der Waals surface area (Å²) in [5.74, 6) is -0.0506. The van der Waals surface area contributed by atoms with Crippen molar-refractivity contribution in [3.63, 3.8) is 0 Å². The molecule has 0 aliphatic rings. The van der Waals surface area contributed by atoms with Crippen molar-refractivity contribution in [2.24, 2.45) is 0 Å². The Morgan fingerprint density at radius 3 is 2.50 bits per heavy atom. The molecule has 0 radical (unpaired) electrons. The van der Waals surface area contributed by atoms with Crippen LogP contribution in [-0.4, -0.2) is 37.8 Å². The van der Waals surface area contributed by atoms with E-state index in [4.69, 9.17) is 0 Å². The number of aromatic nitrogens is 4. The summed E-state index contributed by atoms with van der Waals surface area (Å²) >= 11 is 1.27. The summed E-state index contributed by atoms with van der Waals surface area (Å²) in [4.78, 5) is 23.5. The van der Waals surface area contributed by atoms with Crippen LogP contribution in [0.25, 0.3) is 0 Å². The molecule has 0 saturated carbocycles. The molecule has 0 aliphatic carbocycles. The highest BCUT2D eigenvalue weighted by atomic mass is 32.2. The standard InChI is InChI=1S/C15H20N6O2S/c1-4-13(22)16-11-6-5-7-12(8-11)17-14(23)9-24-15-18-19-20-21(15)10(2)3/h5-8,10H,4,9H2,1-3H3,(H,16,22)(H,17,23). The number of carbonyl (C=O) groups excluding carboxylic acids is 2. The number of benzene rings is 1. The van der Waals surface area contributed by atoms with Gasteiger partial charge in [-0.2, -0.15) is 0 Å². The maximum atomic E-state index is 12.1. The van der Waals surface area contributed by atoms with Crippen LogP contribution in [0.2, 0.25) is 0 Å². The second-order valence-electron chi connectivity index (χ2n) is 5.32. The minimum absolute atomic E-state index is 0.0745. The zero-order valence-corrected chi connectivity index (χ0v) is 14.6. The van der Waals surface area contributed by atoms with Gasteiger partial charge in [-0.25, -0.2) is 4.68 Å². The van der Waals surface area contributed by atoms with E-state index < -0.39 is 0 Å². The maximum absolute atomic E-state index is 12.1. The van der Waals surface area contributed by atoms with Gasteiger partial charge >= 0.3 is 0 Å². The van der Waals surface area contributed by atoms with Gasteiger partial charge in [-0.05, 0) is 42.5 Å². The smallest absolute Gasteiger partial charge is 0.234 e. The zero-order valence-electron chi connectivity index (χ0n) is 13.8. The first kappa shape index (κ1) is 17.9. The number of anilines is 2. The van der Waals surface area contributed by atoms with Gasteiger partial charge in [-0.15, -0.1) is 5.10 Å². The molecule has 24 heavy (non-hydrogen) atoms. The summed E-state index contributed by atoms with van der Waals surface area (Å²) in [5, 5.41) is 17.6. The summed E-state index contributed by atoms with van der Waals surface area (Å²) in [6.45, 7) is 5.72. The average molecular weight is 348 g/mol. The second kappa shape index (κ2) is 8.44. The molecular weight excluding hydrogens is 328 g/mol. The number of tetrazole rings is 1. The lowest BCUT2D eigenvalue weighted by atomic mass is 10.2. The van der Waals surface area contributed by atoms with Gasteiger partial charge in [-0.1, -0.05) is 24.8 Å². The third kappa shape index (κ3) is 5.05. The van der Waals surface area contributed by atoms with E-state index in [9.17, 15) is 9.59 Å². The molecule has 1 heterocycles. The van der Waals surface area contributed by atoms with Crippen molar-refractivity contribution in [2.45, 2.75) is 38.4 Å². The molecule has 0 atom stereocenters. The number of thioether (sulfide) groups is 1. The first-order chi connectivity index (χ1) is 11.5. The fraction of sp³-hybridized carbons (Fsp3) is 0.400. The molecule has 2 amide bonds. The van der Waals surface area contributed by atoms with Gasteiger partial charge in [0.15, 0.2) is 0 Å². The van der Waals surface area contributed by atoms with Gasteiger partial charge in [0.25, 0.3) is 0 Å². The summed E-state index contributed by atoms with van der Waals surface area (Å²) in [6, 6.07) is 7.16. The van der Waals surface area contributed by atoms with Gasteiger partial charge in [-0.3, -0.25) is 9.59 Å². The molecule has 9 heteroatoms. The zero-order chi connectivity index (χ0) is 17.5. The molecular formula is C15H20N6O2S. The summed E-state index contributed by atoms with van der Waals surface area (Å²) in [5.41, 5.74) is 1.27. The van der Waals surface area contributed by atoms with E-state index in [2.05, 4.69) is 26.2 Å². The molecule has 8 nitrogen and oxygen atoms in total. The van der Waals surface area contributed by atoms with Crippen LogP contribution in [-0.2, 0) is 9.59 Å².